The molecule has 1 aliphatic carbocycles. The molecule has 1 aliphatic rings. The Hall–Kier alpha value is -1.68. The lowest BCUT2D eigenvalue weighted by atomic mass is 9.84. The minimum Gasteiger partial charge on any atom is -0.380 e. The number of aliphatic hydroxyl groups is 1. The molecule has 1 atom stereocenters. The average molecular weight is 289 g/mol. The number of carbonyl (C=O) groups excluding carboxylic acids is 2. The maximum absolute atomic E-state index is 12.2. The molecule has 1 aromatic carbocycles. The maximum atomic E-state index is 12.2. The zero-order valence-electron chi connectivity index (χ0n) is 12.5. The second-order valence-corrected chi connectivity index (χ2v) is 5.96. The summed E-state index contributed by atoms with van der Waals surface area (Å²) >= 11 is 0. The van der Waals surface area contributed by atoms with Crippen molar-refractivity contribution in [3.05, 3.63) is 35.9 Å². The summed E-state index contributed by atoms with van der Waals surface area (Å²) in [6, 6.07) is 8.76. The van der Waals surface area contributed by atoms with Crippen molar-refractivity contribution in [1.82, 2.24) is 5.32 Å². The molecule has 4 nitrogen and oxygen atoms in total. The lowest BCUT2D eigenvalue weighted by Crippen LogP contribution is -2.50. The zero-order chi connectivity index (χ0) is 15.3. The Morgan fingerprint density at radius 2 is 1.81 bits per heavy atom. The van der Waals surface area contributed by atoms with Crippen molar-refractivity contribution in [3.8, 4) is 0 Å². The first-order valence-corrected chi connectivity index (χ1v) is 7.63. The molecule has 0 bridgehead atoms. The van der Waals surface area contributed by atoms with Crippen molar-refractivity contribution in [2.45, 2.75) is 57.1 Å². The molecule has 0 unspecified atom stereocenters. The van der Waals surface area contributed by atoms with Gasteiger partial charge >= 0.3 is 0 Å². The average Bonchev–Trinajstić information content (AvgIpc) is 2.48. The number of Topliss-reactive ketones (excluding diaryl/α,β-unsaturated/α-hetero) is 1. The molecular weight excluding hydrogens is 266 g/mol. The van der Waals surface area contributed by atoms with Crippen LogP contribution in [0.15, 0.2) is 30.3 Å². The van der Waals surface area contributed by atoms with Crippen LogP contribution in [0.4, 0.5) is 0 Å². The third-order valence-corrected chi connectivity index (χ3v) is 4.07. The first-order valence-electron chi connectivity index (χ1n) is 7.63. The standard InChI is InChI=1S/C17H23NO3/c1-13(12-15(19)14-8-4-2-5-9-14)18-16(20)17(21)10-6-3-7-11-17/h2,4-5,8-9,13,21H,3,6-7,10-12H2,1H3,(H,18,20)/t13-/m0/s1. The molecular formula is C17H23NO3. The molecule has 0 aliphatic heterocycles. The molecule has 0 spiro atoms. The summed E-state index contributed by atoms with van der Waals surface area (Å²) in [6.07, 6.45) is 4.09. The fourth-order valence-electron chi connectivity index (χ4n) is 2.79. The van der Waals surface area contributed by atoms with E-state index < -0.39 is 5.60 Å². The smallest absolute Gasteiger partial charge is 0.252 e. The van der Waals surface area contributed by atoms with Gasteiger partial charge in [-0.3, -0.25) is 9.59 Å². The Kier molecular flexibility index (Phi) is 5.12. The Morgan fingerprint density at radius 3 is 2.43 bits per heavy atom. The highest BCUT2D eigenvalue weighted by Gasteiger charge is 2.37. The Bertz CT molecular complexity index is 492. The minimum atomic E-state index is -1.25. The van der Waals surface area contributed by atoms with Crippen LogP contribution in [0.25, 0.3) is 0 Å². The molecule has 4 heteroatoms. The number of amides is 1. The van der Waals surface area contributed by atoms with E-state index in [1.54, 1.807) is 19.1 Å². The topological polar surface area (TPSA) is 66.4 Å². The molecule has 2 N–H and O–H groups in total. The van der Waals surface area contributed by atoms with E-state index in [1.807, 2.05) is 18.2 Å². The van der Waals surface area contributed by atoms with Crippen molar-refractivity contribution in [2.24, 2.45) is 0 Å². The van der Waals surface area contributed by atoms with Crippen LogP contribution in [0, 0.1) is 0 Å². The van der Waals surface area contributed by atoms with Gasteiger partial charge in [0, 0.05) is 18.0 Å². The highest BCUT2D eigenvalue weighted by Crippen LogP contribution is 2.28. The van der Waals surface area contributed by atoms with Crippen LogP contribution >= 0.6 is 0 Å². The quantitative estimate of drug-likeness (QED) is 0.818. The fraction of sp³-hybridized carbons (Fsp3) is 0.529. The third kappa shape index (κ3) is 4.14. The molecule has 21 heavy (non-hydrogen) atoms. The van der Waals surface area contributed by atoms with E-state index in [1.165, 1.54) is 0 Å². The molecule has 0 aromatic heterocycles. The van der Waals surface area contributed by atoms with Gasteiger partial charge in [0.25, 0.3) is 5.91 Å². The summed E-state index contributed by atoms with van der Waals surface area (Å²) in [5, 5.41) is 13.1. The predicted molar refractivity (Wildman–Crippen MR) is 81.0 cm³/mol. The number of ketones is 1. The fourth-order valence-corrected chi connectivity index (χ4v) is 2.79. The molecule has 2 rings (SSSR count). The summed E-state index contributed by atoms with van der Waals surface area (Å²) in [5.41, 5.74) is -0.600. The van der Waals surface area contributed by atoms with Gasteiger partial charge in [-0.15, -0.1) is 0 Å². The normalized spacial score (nSPS) is 18.8. The van der Waals surface area contributed by atoms with Crippen molar-refractivity contribution in [2.75, 3.05) is 0 Å². The largest absolute Gasteiger partial charge is 0.380 e. The van der Waals surface area contributed by atoms with Gasteiger partial charge in [-0.2, -0.15) is 0 Å². The van der Waals surface area contributed by atoms with Crippen LogP contribution in [0.2, 0.25) is 0 Å². The lowest BCUT2D eigenvalue weighted by Gasteiger charge is -2.31. The minimum absolute atomic E-state index is 0.000894. The van der Waals surface area contributed by atoms with Crippen molar-refractivity contribution in [1.29, 1.82) is 0 Å². The molecule has 0 radical (unpaired) electrons. The summed E-state index contributed by atoms with van der Waals surface area (Å²) in [6.45, 7) is 1.80. The van der Waals surface area contributed by atoms with E-state index in [-0.39, 0.29) is 24.2 Å². The number of carbonyl (C=O) groups is 2. The molecule has 1 fully saturated rings. The van der Waals surface area contributed by atoms with E-state index in [0.717, 1.165) is 19.3 Å². The number of benzene rings is 1. The van der Waals surface area contributed by atoms with Gasteiger partial charge in [0.1, 0.15) is 5.60 Å². The van der Waals surface area contributed by atoms with E-state index in [2.05, 4.69) is 5.32 Å². The first kappa shape index (κ1) is 15.7. The molecule has 114 valence electrons. The van der Waals surface area contributed by atoms with Crippen LogP contribution in [0.5, 0.6) is 0 Å². The van der Waals surface area contributed by atoms with Crippen LogP contribution in [0.1, 0.15) is 55.8 Å². The number of nitrogens with one attached hydrogen (secondary N) is 1. The van der Waals surface area contributed by atoms with Crippen LogP contribution in [0.3, 0.4) is 0 Å². The van der Waals surface area contributed by atoms with Crippen LogP contribution in [-0.2, 0) is 4.79 Å². The Morgan fingerprint density at radius 1 is 1.19 bits per heavy atom. The molecule has 1 aromatic rings. The van der Waals surface area contributed by atoms with Crippen molar-refractivity contribution in [3.63, 3.8) is 0 Å². The monoisotopic (exact) mass is 289 g/mol. The zero-order valence-corrected chi connectivity index (χ0v) is 12.5. The van der Waals surface area contributed by atoms with E-state index in [9.17, 15) is 14.7 Å². The maximum Gasteiger partial charge on any atom is 0.252 e. The summed E-state index contributed by atoms with van der Waals surface area (Å²) in [4.78, 5) is 24.3. The van der Waals surface area contributed by atoms with Gasteiger partial charge < -0.3 is 10.4 Å². The summed E-state index contributed by atoms with van der Waals surface area (Å²) in [7, 11) is 0. The van der Waals surface area contributed by atoms with Crippen LogP contribution < -0.4 is 5.32 Å². The van der Waals surface area contributed by atoms with Gasteiger partial charge in [0.2, 0.25) is 0 Å². The highest BCUT2D eigenvalue weighted by atomic mass is 16.3. The molecule has 0 saturated heterocycles. The van der Waals surface area contributed by atoms with Gasteiger partial charge in [0.05, 0.1) is 0 Å². The highest BCUT2D eigenvalue weighted by molar-refractivity contribution is 5.96. The van der Waals surface area contributed by atoms with Crippen molar-refractivity contribution < 1.29 is 14.7 Å². The molecule has 1 saturated carbocycles. The van der Waals surface area contributed by atoms with E-state index in [4.69, 9.17) is 0 Å². The second kappa shape index (κ2) is 6.85. The number of hydrogen-bond acceptors (Lipinski definition) is 3. The van der Waals surface area contributed by atoms with Gasteiger partial charge in [0.15, 0.2) is 5.78 Å². The van der Waals surface area contributed by atoms with Crippen LogP contribution in [-0.4, -0.2) is 28.4 Å². The molecule has 0 heterocycles. The SMILES string of the molecule is C[C@@H](CC(=O)c1ccccc1)NC(=O)C1(O)CCCCC1. The first-order chi connectivity index (χ1) is 10.0. The van der Waals surface area contributed by atoms with Gasteiger partial charge in [-0.25, -0.2) is 0 Å². The van der Waals surface area contributed by atoms with E-state index in [0.29, 0.717) is 18.4 Å². The number of hydrogen-bond donors (Lipinski definition) is 2. The van der Waals surface area contributed by atoms with Gasteiger partial charge in [-0.1, -0.05) is 49.6 Å². The predicted octanol–water partition coefficient (Wildman–Crippen LogP) is 2.46. The van der Waals surface area contributed by atoms with Gasteiger partial charge in [-0.05, 0) is 19.8 Å². The summed E-state index contributed by atoms with van der Waals surface area (Å²) < 4.78 is 0. The Labute approximate surface area is 125 Å². The Balaban J connectivity index is 1.88. The second-order valence-electron chi connectivity index (χ2n) is 5.96. The van der Waals surface area contributed by atoms with E-state index >= 15 is 0 Å². The molecule has 1 amide bonds. The summed E-state index contributed by atoms with van der Waals surface area (Å²) in [5.74, 6) is -0.338. The lowest BCUT2D eigenvalue weighted by molar-refractivity contribution is -0.143. The third-order valence-electron chi connectivity index (χ3n) is 4.07. The van der Waals surface area contributed by atoms with Crippen molar-refractivity contribution >= 4 is 11.7 Å². The number of rotatable bonds is 5.